The quantitative estimate of drug-likeness (QED) is 0.478. The van der Waals surface area contributed by atoms with Crippen LogP contribution in [0.25, 0.3) is 11.1 Å². The summed E-state index contributed by atoms with van der Waals surface area (Å²) in [6, 6.07) is 16.3. The normalized spacial score (nSPS) is 17.7. The molecule has 0 aliphatic heterocycles. The van der Waals surface area contributed by atoms with Crippen LogP contribution in [0, 0.1) is 5.41 Å². The predicted octanol–water partition coefficient (Wildman–Crippen LogP) is 4.85. The van der Waals surface area contributed by atoms with E-state index in [9.17, 15) is 19.5 Å². The first-order valence-electron chi connectivity index (χ1n) is 12.4. The van der Waals surface area contributed by atoms with Crippen molar-refractivity contribution in [2.75, 3.05) is 13.2 Å². The number of benzene rings is 2. The highest BCUT2D eigenvalue weighted by atomic mass is 16.5. The number of carboxylic acid groups (broad SMARTS) is 1. The Labute approximate surface area is 206 Å². The molecule has 0 spiro atoms. The minimum absolute atomic E-state index is 0.0350. The number of aliphatic carboxylic acids is 1. The number of carboxylic acids is 1. The van der Waals surface area contributed by atoms with Gasteiger partial charge < -0.3 is 20.5 Å². The number of carbonyl (C=O) groups is 3. The van der Waals surface area contributed by atoms with Gasteiger partial charge in [-0.05, 0) is 48.4 Å². The Morgan fingerprint density at radius 3 is 2.14 bits per heavy atom. The fourth-order valence-corrected chi connectivity index (χ4v) is 5.36. The zero-order chi connectivity index (χ0) is 25.1. The molecule has 0 aromatic heterocycles. The smallest absolute Gasteiger partial charge is 0.407 e. The summed E-state index contributed by atoms with van der Waals surface area (Å²) >= 11 is 0. The zero-order valence-corrected chi connectivity index (χ0v) is 20.4. The lowest BCUT2D eigenvalue weighted by Gasteiger charge is -2.35. The van der Waals surface area contributed by atoms with E-state index in [1.54, 1.807) is 6.92 Å². The number of fused-ring (bicyclic) bond motifs is 3. The number of hydrogen-bond donors (Lipinski definition) is 3. The number of hydrogen-bond acceptors (Lipinski definition) is 4. The van der Waals surface area contributed by atoms with Gasteiger partial charge in [0, 0.05) is 12.5 Å². The van der Waals surface area contributed by atoms with Gasteiger partial charge in [0.1, 0.15) is 6.61 Å². The molecule has 4 rings (SSSR count). The van der Waals surface area contributed by atoms with Gasteiger partial charge in [-0.15, -0.1) is 0 Å². The summed E-state index contributed by atoms with van der Waals surface area (Å²) in [6.07, 6.45) is 2.95. The van der Waals surface area contributed by atoms with E-state index >= 15 is 0 Å². The maximum Gasteiger partial charge on any atom is 0.407 e. The molecule has 2 aliphatic carbocycles. The maximum atomic E-state index is 13.2. The first-order chi connectivity index (χ1) is 16.8. The number of amides is 2. The van der Waals surface area contributed by atoms with E-state index in [1.165, 1.54) is 0 Å². The van der Waals surface area contributed by atoms with E-state index in [2.05, 4.69) is 34.9 Å². The highest BCUT2D eigenvalue weighted by Gasteiger charge is 2.42. The lowest BCUT2D eigenvalue weighted by Crippen LogP contribution is -2.55. The fraction of sp³-hybridized carbons (Fsp3) is 0.464. The van der Waals surface area contributed by atoms with Crippen molar-refractivity contribution in [3.63, 3.8) is 0 Å². The van der Waals surface area contributed by atoms with Crippen molar-refractivity contribution >= 4 is 18.0 Å². The average molecular weight is 479 g/mol. The Bertz CT molecular complexity index is 1060. The first-order valence-corrected chi connectivity index (χ1v) is 12.4. The molecule has 2 amide bonds. The number of carbonyl (C=O) groups excluding carboxylic acids is 2. The van der Waals surface area contributed by atoms with E-state index in [0.29, 0.717) is 19.3 Å². The Kier molecular flexibility index (Phi) is 7.15. The Morgan fingerprint density at radius 2 is 1.60 bits per heavy atom. The minimum atomic E-state index is -0.915. The topological polar surface area (TPSA) is 105 Å². The van der Waals surface area contributed by atoms with Crippen LogP contribution in [0.5, 0.6) is 0 Å². The van der Waals surface area contributed by atoms with Gasteiger partial charge in [0.25, 0.3) is 0 Å². The average Bonchev–Trinajstić information content (AvgIpc) is 3.43. The van der Waals surface area contributed by atoms with Gasteiger partial charge in [-0.2, -0.15) is 0 Å². The number of ether oxygens (including phenoxy) is 1. The second-order valence-electron chi connectivity index (χ2n) is 10.1. The molecule has 1 saturated carbocycles. The number of alkyl carbamates (subject to hydrolysis) is 1. The molecule has 186 valence electrons. The van der Waals surface area contributed by atoms with Gasteiger partial charge >= 0.3 is 12.1 Å². The Hall–Kier alpha value is -3.35. The van der Waals surface area contributed by atoms with Crippen LogP contribution in [-0.4, -0.2) is 41.8 Å². The molecule has 1 fully saturated rings. The monoisotopic (exact) mass is 478 g/mol. The second kappa shape index (κ2) is 10.1. The van der Waals surface area contributed by atoms with Gasteiger partial charge in [-0.3, -0.25) is 9.59 Å². The second-order valence-corrected chi connectivity index (χ2v) is 10.1. The van der Waals surface area contributed by atoms with Gasteiger partial charge in [0.05, 0.1) is 17.4 Å². The molecule has 7 heteroatoms. The van der Waals surface area contributed by atoms with Crippen LogP contribution in [0.2, 0.25) is 0 Å². The molecule has 3 N–H and O–H groups in total. The van der Waals surface area contributed by atoms with Crippen molar-refractivity contribution in [3.8, 4) is 11.1 Å². The summed E-state index contributed by atoms with van der Waals surface area (Å²) < 4.78 is 5.61. The van der Waals surface area contributed by atoms with Crippen molar-refractivity contribution in [3.05, 3.63) is 59.7 Å². The SMILES string of the molecule is CCC(C)(CNC(=O)OCC1c2ccccc2-c2ccccc21)C(=O)NC1(CC(=O)O)CCCC1. The lowest BCUT2D eigenvalue weighted by molar-refractivity contribution is -0.140. The van der Waals surface area contributed by atoms with Gasteiger partial charge in [0.2, 0.25) is 5.91 Å². The number of nitrogens with one attached hydrogen (secondary N) is 2. The molecular weight excluding hydrogens is 444 g/mol. The van der Waals surface area contributed by atoms with Crippen LogP contribution < -0.4 is 10.6 Å². The molecule has 7 nitrogen and oxygen atoms in total. The molecule has 0 heterocycles. The molecule has 0 bridgehead atoms. The Morgan fingerprint density at radius 1 is 1.03 bits per heavy atom. The van der Waals surface area contributed by atoms with E-state index < -0.39 is 23.0 Å². The molecule has 2 aromatic rings. The molecule has 1 atom stereocenters. The van der Waals surface area contributed by atoms with Crippen molar-refractivity contribution in [2.45, 2.75) is 63.8 Å². The largest absolute Gasteiger partial charge is 0.481 e. The Balaban J connectivity index is 1.36. The summed E-state index contributed by atoms with van der Waals surface area (Å²) in [7, 11) is 0. The lowest BCUT2D eigenvalue weighted by atomic mass is 9.83. The summed E-state index contributed by atoms with van der Waals surface area (Å²) in [5.41, 5.74) is 3.02. The van der Waals surface area contributed by atoms with Crippen LogP contribution in [0.4, 0.5) is 4.79 Å². The molecular formula is C28H34N2O5. The molecule has 2 aromatic carbocycles. The van der Waals surface area contributed by atoms with E-state index in [-0.39, 0.29) is 31.4 Å². The van der Waals surface area contributed by atoms with Gasteiger partial charge in [-0.25, -0.2) is 4.79 Å². The molecule has 0 radical (unpaired) electrons. The third-order valence-electron chi connectivity index (χ3n) is 7.72. The van der Waals surface area contributed by atoms with E-state index in [0.717, 1.165) is 35.1 Å². The summed E-state index contributed by atoms with van der Waals surface area (Å²) in [5.74, 6) is -1.18. The van der Waals surface area contributed by atoms with Crippen LogP contribution in [0.15, 0.2) is 48.5 Å². The summed E-state index contributed by atoms with van der Waals surface area (Å²) in [4.78, 5) is 37.2. The molecule has 35 heavy (non-hydrogen) atoms. The van der Waals surface area contributed by atoms with E-state index in [1.807, 2.05) is 31.2 Å². The van der Waals surface area contributed by atoms with Crippen LogP contribution in [-0.2, 0) is 14.3 Å². The minimum Gasteiger partial charge on any atom is -0.481 e. The van der Waals surface area contributed by atoms with E-state index in [4.69, 9.17) is 4.74 Å². The molecule has 2 aliphatic rings. The number of rotatable bonds is 9. The molecule has 1 unspecified atom stereocenters. The van der Waals surface area contributed by atoms with Crippen LogP contribution >= 0.6 is 0 Å². The predicted molar refractivity (Wildman–Crippen MR) is 133 cm³/mol. The highest BCUT2D eigenvalue weighted by Crippen LogP contribution is 2.44. The van der Waals surface area contributed by atoms with Crippen molar-refractivity contribution < 1.29 is 24.2 Å². The third kappa shape index (κ3) is 5.19. The van der Waals surface area contributed by atoms with Crippen LogP contribution in [0.3, 0.4) is 0 Å². The van der Waals surface area contributed by atoms with Gasteiger partial charge in [0.15, 0.2) is 0 Å². The highest BCUT2D eigenvalue weighted by molar-refractivity contribution is 5.85. The first kappa shape index (κ1) is 24.8. The third-order valence-corrected chi connectivity index (χ3v) is 7.72. The fourth-order valence-electron chi connectivity index (χ4n) is 5.36. The summed E-state index contributed by atoms with van der Waals surface area (Å²) in [6.45, 7) is 3.98. The maximum absolute atomic E-state index is 13.2. The van der Waals surface area contributed by atoms with Crippen molar-refractivity contribution in [1.82, 2.24) is 10.6 Å². The van der Waals surface area contributed by atoms with Gasteiger partial charge in [-0.1, -0.05) is 68.3 Å². The van der Waals surface area contributed by atoms with Crippen molar-refractivity contribution in [2.24, 2.45) is 5.41 Å². The standard InChI is InChI=1S/C28H34N2O5/c1-3-27(2,25(33)30-28(16-24(31)32)14-8-9-15-28)18-29-26(34)35-17-23-21-12-6-4-10-19(21)20-11-5-7-13-22(20)23/h4-7,10-13,23H,3,8-9,14-18H2,1-2H3,(H,29,34)(H,30,33)(H,31,32). The molecule has 0 saturated heterocycles. The van der Waals surface area contributed by atoms with Crippen LogP contribution in [0.1, 0.15) is 69.4 Å². The summed E-state index contributed by atoms with van der Waals surface area (Å²) in [5, 5.41) is 15.1. The zero-order valence-electron chi connectivity index (χ0n) is 20.4. The van der Waals surface area contributed by atoms with Crippen molar-refractivity contribution in [1.29, 1.82) is 0 Å².